The number of fused-ring (bicyclic) bond motifs is 2. The molecule has 3 heteroatoms. The summed E-state index contributed by atoms with van der Waals surface area (Å²) in [6.45, 7) is 1.60. The fourth-order valence-electron chi connectivity index (χ4n) is 3.55. The van der Waals surface area contributed by atoms with Crippen molar-refractivity contribution in [2.75, 3.05) is 0 Å². The van der Waals surface area contributed by atoms with Crippen LogP contribution in [0.1, 0.15) is 45.4 Å². The monoisotopic (exact) mass is 226 g/mol. The molecule has 0 aliphatic heterocycles. The molecule has 0 heterocycles. The molecule has 2 rings (SSSR count). The van der Waals surface area contributed by atoms with Gasteiger partial charge in [0.2, 0.25) is 0 Å². The highest BCUT2D eigenvalue weighted by atomic mass is 16.4. The summed E-state index contributed by atoms with van der Waals surface area (Å²) in [5.74, 6) is 0.765. The van der Waals surface area contributed by atoms with Gasteiger partial charge < -0.3 is 10.2 Å². The van der Waals surface area contributed by atoms with Gasteiger partial charge in [-0.1, -0.05) is 12.8 Å². The lowest BCUT2D eigenvalue weighted by atomic mass is 9.77. The molecule has 0 aromatic heterocycles. The Morgan fingerprint density at radius 3 is 2.31 bits per heavy atom. The summed E-state index contributed by atoms with van der Waals surface area (Å²) in [5, 5.41) is 18.7. The second-order valence-corrected chi connectivity index (χ2v) is 5.81. The van der Waals surface area contributed by atoms with E-state index < -0.39 is 18.0 Å². The van der Waals surface area contributed by atoms with Crippen LogP contribution in [0.25, 0.3) is 0 Å². The summed E-state index contributed by atoms with van der Waals surface area (Å²) in [6.07, 6.45) is 6.51. The molecule has 2 saturated carbocycles. The fourth-order valence-corrected chi connectivity index (χ4v) is 3.55. The normalized spacial score (nSPS) is 37.0. The van der Waals surface area contributed by atoms with E-state index in [2.05, 4.69) is 0 Å². The predicted molar refractivity (Wildman–Crippen MR) is 61.0 cm³/mol. The van der Waals surface area contributed by atoms with Gasteiger partial charge in [-0.05, 0) is 50.4 Å². The zero-order valence-corrected chi connectivity index (χ0v) is 9.93. The SMILES string of the molecule is C[C@@H](C(=O)O)[C@H](O)CC1CC2CC[C@H](C2)C1. The minimum absolute atomic E-state index is 0.558. The molecule has 0 aromatic carbocycles. The van der Waals surface area contributed by atoms with Gasteiger partial charge in [0.1, 0.15) is 0 Å². The van der Waals surface area contributed by atoms with Gasteiger partial charge in [0, 0.05) is 0 Å². The Morgan fingerprint density at radius 1 is 1.25 bits per heavy atom. The van der Waals surface area contributed by atoms with Crippen molar-refractivity contribution in [1.82, 2.24) is 0 Å². The largest absolute Gasteiger partial charge is 0.481 e. The van der Waals surface area contributed by atoms with Crippen LogP contribution in [-0.2, 0) is 4.79 Å². The minimum atomic E-state index is -0.883. The molecule has 0 aromatic rings. The fraction of sp³-hybridized carbons (Fsp3) is 0.923. The van der Waals surface area contributed by atoms with Crippen LogP contribution in [0.3, 0.4) is 0 Å². The molecule has 2 bridgehead atoms. The first-order valence-corrected chi connectivity index (χ1v) is 6.47. The van der Waals surface area contributed by atoms with E-state index in [1.54, 1.807) is 6.92 Å². The first-order valence-electron chi connectivity index (χ1n) is 6.47. The van der Waals surface area contributed by atoms with Crippen molar-refractivity contribution in [2.24, 2.45) is 23.7 Å². The topological polar surface area (TPSA) is 57.5 Å². The Balaban J connectivity index is 1.83. The van der Waals surface area contributed by atoms with Gasteiger partial charge in [0.25, 0.3) is 0 Å². The number of rotatable bonds is 4. The van der Waals surface area contributed by atoms with Crippen molar-refractivity contribution in [3.8, 4) is 0 Å². The predicted octanol–water partition coefficient (Wildman–Crippen LogP) is 2.28. The van der Waals surface area contributed by atoms with E-state index in [4.69, 9.17) is 5.11 Å². The summed E-state index contributed by atoms with van der Waals surface area (Å²) >= 11 is 0. The molecule has 2 unspecified atom stereocenters. The molecular formula is C13H22O3. The summed E-state index contributed by atoms with van der Waals surface area (Å²) < 4.78 is 0. The quantitative estimate of drug-likeness (QED) is 0.773. The average molecular weight is 226 g/mol. The average Bonchev–Trinajstić information content (AvgIpc) is 2.56. The van der Waals surface area contributed by atoms with Crippen LogP contribution in [0.4, 0.5) is 0 Å². The highest BCUT2D eigenvalue weighted by Crippen LogP contribution is 2.46. The van der Waals surface area contributed by atoms with Gasteiger partial charge in [-0.3, -0.25) is 4.79 Å². The van der Waals surface area contributed by atoms with Crippen molar-refractivity contribution < 1.29 is 15.0 Å². The van der Waals surface area contributed by atoms with Crippen LogP contribution in [0.2, 0.25) is 0 Å². The molecule has 0 amide bonds. The molecular weight excluding hydrogens is 204 g/mol. The molecule has 3 nitrogen and oxygen atoms in total. The number of aliphatic carboxylic acids is 1. The Hall–Kier alpha value is -0.570. The summed E-state index contributed by atoms with van der Waals surface area (Å²) in [4.78, 5) is 10.8. The van der Waals surface area contributed by atoms with E-state index in [9.17, 15) is 9.90 Å². The summed E-state index contributed by atoms with van der Waals surface area (Å²) in [7, 11) is 0. The van der Waals surface area contributed by atoms with Crippen molar-refractivity contribution in [3.05, 3.63) is 0 Å². The van der Waals surface area contributed by atoms with Gasteiger partial charge in [0.15, 0.2) is 0 Å². The van der Waals surface area contributed by atoms with Crippen LogP contribution in [0.15, 0.2) is 0 Å². The Bertz CT molecular complexity index is 252. The van der Waals surface area contributed by atoms with Crippen LogP contribution in [-0.4, -0.2) is 22.3 Å². The Kier molecular flexibility index (Phi) is 3.53. The van der Waals surface area contributed by atoms with E-state index in [1.165, 1.54) is 32.1 Å². The van der Waals surface area contributed by atoms with Gasteiger partial charge >= 0.3 is 5.97 Å². The van der Waals surface area contributed by atoms with Crippen LogP contribution >= 0.6 is 0 Å². The molecule has 2 N–H and O–H groups in total. The standard InChI is InChI=1S/C13H22O3/c1-8(13(15)16)12(14)7-11-5-9-2-3-10(4-9)6-11/h8-12,14H,2-7H2,1H3,(H,15,16)/t8-,9-,10?,11?,12-/m1/s1. The van der Waals surface area contributed by atoms with Gasteiger partial charge in [-0.25, -0.2) is 0 Å². The molecule has 0 radical (unpaired) electrons. The van der Waals surface area contributed by atoms with E-state index in [0.29, 0.717) is 12.3 Å². The van der Waals surface area contributed by atoms with Crippen molar-refractivity contribution in [1.29, 1.82) is 0 Å². The van der Waals surface area contributed by atoms with Crippen molar-refractivity contribution in [2.45, 2.75) is 51.6 Å². The third-order valence-electron chi connectivity index (χ3n) is 4.52. The van der Waals surface area contributed by atoms with Crippen molar-refractivity contribution >= 4 is 5.97 Å². The zero-order valence-electron chi connectivity index (χ0n) is 9.93. The number of carbonyl (C=O) groups is 1. The van der Waals surface area contributed by atoms with Crippen LogP contribution in [0.5, 0.6) is 0 Å². The maximum absolute atomic E-state index is 10.8. The third kappa shape index (κ3) is 2.57. The number of aliphatic hydroxyl groups is 1. The lowest BCUT2D eigenvalue weighted by Gasteiger charge is -2.30. The maximum atomic E-state index is 10.8. The molecule has 2 aliphatic carbocycles. The lowest BCUT2D eigenvalue weighted by Crippen LogP contribution is -2.29. The Morgan fingerprint density at radius 2 is 1.81 bits per heavy atom. The molecule has 5 atom stereocenters. The smallest absolute Gasteiger partial charge is 0.308 e. The zero-order chi connectivity index (χ0) is 11.7. The molecule has 92 valence electrons. The Labute approximate surface area is 96.9 Å². The van der Waals surface area contributed by atoms with Crippen molar-refractivity contribution in [3.63, 3.8) is 0 Å². The highest BCUT2D eigenvalue weighted by Gasteiger charge is 2.35. The number of hydrogen-bond donors (Lipinski definition) is 2. The van der Waals surface area contributed by atoms with Gasteiger partial charge in [-0.15, -0.1) is 0 Å². The third-order valence-corrected chi connectivity index (χ3v) is 4.52. The van der Waals surface area contributed by atoms with E-state index in [1.807, 2.05) is 0 Å². The maximum Gasteiger partial charge on any atom is 0.308 e. The molecule has 2 aliphatic rings. The second kappa shape index (κ2) is 4.74. The summed E-state index contributed by atoms with van der Waals surface area (Å²) in [5.41, 5.74) is 0. The number of carboxylic acids is 1. The first kappa shape index (κ1) is 11.9. The number of aliphatic hydroxyl groups excluding tert-OH is 1. The van der Waals surface area contributed by atoms with E-state index in [0.717, 1.165) is 11.8 Å². The van der Waals surface area contributed by atoms with Gasteiger partial charge in [0.05, 0.1) is 12.0 Å². The highest BCUT2D eigenvalue weighted by molar-refractivity contribution is 5.70. The first-order chi connectivity index (χ1) is 7.56. The lowest BCUT2D eigenvalue weighted by molar-refractivity contribution is -0.145. The molecule has 2 fully saturated rings. The number of hydrogen-bond acceptors (Lipinski definition) is 2. The molecule has 0 spiro atoms. The summed E-state index contributed by atoms with van der Waals surface area (Å²) in [6, 6.07) is 0. The second-order valence-electron chi connectivity index (χ2n) is 5.81. The van der Waals surface area contributed by atoms with E-state index in [-0.39, 0.29) is 0 Å². The van der Waals surface area contributed by atoms with E-state index >= 15 is 0 Å². The van der Waals surface area contributed by atoms with Crippen LogP contribution in [0, 0.1) is 23.7 Å². The minimum Gasteiger partial charge on any atom is -0.481 e. The van der Waals surface area contributed by atoms with Gasteiger partial charge in [-0.2, -0.15) is 0 Å². The molecule has 0 saturated heterocycles. The number of carboxylic acid groups (broad SMARTS) is 1. The molecule has 16 heavy (non-hydrogen) atoms. The van der Waals surface area contributed by atoms with Crippen LogP contribution < -0.4 is 0 Å².